The van der Waals surface area contributed by atoms with Gasteiger partial charge in [0.05, 0.1) is 20.3 Å². The van der Waals surface area contributed by atoms with Gasteiger partial charge in [0.25, 0.3) is 0 Å². The molecule has 0 N–H and O–H groups in total. The predicted molar refractivity (Wildman–Crippen MR) is 150 cm³/mol. The molecule has 0 amide bonds. The molecule has 4 heterocycles. The first kappa shape index (κ1) is 26.8. The zero-order valence-electron chi connectivity index (χ0n) is 20.5. The van der Waals surface area contributed by atoms with Crippen LogP contribution in [0.15, 0.2) is 41.1 Å². The van der Waals surface area contributed by atoms with Gasteiger partial charge in [-0.1, -0.05) is 6.07 Å². The lowest BCUT2D eigenvalue weighted by molar-refractivity contribution is 0.215. The second-order valence-electron chi connectivity index (χ2n) is 8.73. The van der Waals surface area contributed by atoms with Crippen molar-refractivity contribution in [1.29, 1.82) is 0 Å². The van der Waals surface area contributed by atoms with Crippen LogP contribution in [0.1, 0.15) is 38.9 Å². The summed E-state index contributed by atoms with van der Waals surface area (Å²) in [4.78, 5) is 8.01. The second kappa shape index (κ2) is 13.3. The van der Waals surface area contributed by atoms with E-state index in [0.29, 0.717) is 5.88 Å². The smallest absolute Gasteiger partial charge is 0.161 e. The third-order valence-corrected chi connectivity index (χ3v) is 9.11. The highest BCUT2D eigenvalue weighted by Crippen LogP contribution is 2.40. The molecule has 4 nitrogen and oxygen atoms in total. The largest absolute Gasteiger partial charge is 0.493 e. The van der Waals surface area contributed by atoms with E-state index < -0.39 is 0 Å². The van der Waals surface area contributed by atoms with Crippen molar-refractivity contribution >= 4 is 45.9 Å². The predicted octanol–water partition coefficient (Wildman–Crippen LogP) is 6.69. The molecule has 0 fully saturated rings. The molecule has 8 heteroatoms. The van der Waals surface area contributed by atoms with E-state index in [4.69, 9.17) is 32.7 Å². The second-order valence-corrected chi connectivity index (χ2v) is 11.5. The molecule has 0 bridgehead atoms. The molecule has 0 saturated heterocycles. The number of ether oxygens (including phenoxy) is 2. The molecule has 190 valence electrons. The zero-order chi connectivity index (χ0) is 24.6. The molecule has 35 heavy (non-hydrogen) atoms. The topological polar surface area (TPSA) is 24.9 Å². The highest BCUT2D eigenvalue weighted by Gasteiger charge is 2.29. The Labute approximate surface area is 227 Å². The third-order valence-electron chi connectivity index (χ3n) is 6.66. The SMILES string of the molecule is COc1ccc(C2c3ccsc3CCN2CCCCl)cc1OC.ClCCN1CCc2sccc2C1. The van der Waals surface area contributed by atoms with Crippen molar-refractivity contribution in [3.8, 4) is 11.5 Å². The maximum absolute atomic E-state index is 5.92. The molecule has 1 aromatic carbocycles. The minimum absolute atomic E-state index is 0.271. The molecule has 5 rings (SSSR count). The lowest BCUT2D eigenvalue weighted by Crippen LogP contribution is -2.36. The van der Waals surface area contributed by atoms with Crippen LogP contribution in [0.3, 0.4) is 0 Å². The van der Waals surface area contributed by atoms with Crippen LogP contribution in [-0.4, -0.2) is 62.0 Å². The van der Waals surface area contributed by atoms with Crippen molar-refractivity contribution in [1.82, 2.24) is 9.80 Å². The summed E-state index contributed by atoms with van der Waals surface area (Å²) in [5.41, 5.74) is 4.18. The van der Waals surface area contributed by atoms with Crippen LogP contribution in [0.4, 0.5) is 0 Å². The van der Waals surface area contributed by atoms with Gasteiger partial charge >= 0.3 is 0 Å². The number of alkyl halides is 2. The molecule has 0 saturated carbocycles. The summed E-state index contributed by atoms with van der Waals surface area (Å²) in [7, 11) is 3.35. The summed E-state index contributed by atoms with van der Waals surface area (Å²) in [5, 5.41) is 4.39. The summed E-state index contributed by atoms with van der Waals surface area (Å²) in [6, 6.07) is 11.0. The number of hydrogen-bond donors (Lipinski definition) is 0. The molecule has 0 spiro atoms. The normalized spacial score (nSPS) is 17.8. The fourth-order valence-corrected chi connectivity index (χ4v) is 7.05. The number of hydrogen-bond acceptors (Lipinski definition) is 6. The fraction of sp³-hybridized carbons (Fsp3) is 0.481. The van der Waals surface area contributed by atoms with Gasteiger partial charge in [0, 0.05) is 54.2 Å². The first-order valence-electron chi connectivity index (χ1n) is 12.1. The molecule has 0 aliphatic carbocycles. The number of benzene rings is 1. The summed E-state index contributed by atoms with van der Waals surface area (Å²) >= 11 is 15.4. The van der Waals surface area contributed by atoms with E-state index in [2.05, 4.69) is 44.8 Å². The van der Waals surface area contributed by atoms with Gasteiger partial charge in [0.2, 0.25) is 0 Å². The summed E-state index contributed by atoms with van der Waals surface area (Å²) in [6.07, 6.45) is 3.34. The molecule has 3 aromatic rings. The van der Waals surface area contributed by atoms with Crippen molar-refractivity contribution in [3.05, 3.63) is 67.5 Å². The van der Waals surface area contributed by atoms with E-state index in [1.165, 1.54) is 34.5 Å². The van der Waals surface area contributed by atoms with Crippen LogP contribution in [0.5, 0.6) is 11.5 Å². The Morgan fingerprint density at radius 1 is 0.886 bits per heavy atom. The number of nitrogens with zero attached hydrogens (tertiary/aromatic N) is 2. The van der Waals surface area contributed by atoms with Crippen LogP contribution in [0.2, 0.25) is 0 Å². The third kappa shape index (κ3) is 6.54. The minimum Gasteiger partial charge on any atom is -0.493 e. The van der Waals surface area contributed by atoms with Crippen molar-refractivity contribution < 1.29 is 9.47 Å². The Bertz CT molecular complexity index is 1070. The van der Waals surface area contributed by atoms with E-state index in [1.54, 1.807) is 19.1 Å². The van der Waals surface area contributed by atoms with Gasteiger partial charge in [-0.2, -0.15) is 0 Å². The Kier molecular flexibility index (Phi) is 10.2. The summed E-state index contributed by atoms with van der Waals surface area (Å²) < 4.78 is 10.9. The first-order chi connectivity index (χ1) is 17.2. The average molecular weight is 554 g/mol. The van der Waals surface area contributed by atoms with Crippen molar-refractivity contribution in [3.63, 3.8) is 0 Å². The Morgan fingerprint density at radius 3 is 2.43 bits per heavy atom. The molecule has 2 aliphatic heterocycles. The lowest BCUT2D eigenvalue weighted by Gasteiger charge is -2.36. The van der Waals surface area contributed by atoms with Crippen molar-refractivity contribution in [2.75, 3.05) is 52.2 Å². The van der Waals surface area contributed by atoms with Gasteiger partial charge in [-0.3, -0.25) is 9.80 Å². The van der Waals surface area contributed by atoms with Gasteiger partial charge in [-0.25, -0.2) is 0 Å². The standard InChI is InChI=1S/C18H22ClNO2S.C9H12ClNS/c1-21-15-5-4-13(12-16(15)22-2)18-14-7-11-23-17(14)6-10-20(18)9-3-8-19;10-3-5-11-4-1-9-8(7-11)2-6-12-9/h4-5,7,11-12,18H,3,6,8-10H2,1-2H3;2,6H,1,3-5,7H2. The Balaban J connectivity index is 0.000000201. The van der Waals surface area contributed by atoms with Crippen molar-refractivity contribution in [2.24, 2.45) is 0 Å². The number of rotatable bonds is 8. The minimum atomic E-state index is 0.271. The van der Waals surface area contributed by atoms with Gasteiger partial charge in [0.15, 0.2) is 11.5 Å². The molecule has 0 radical (unpaired) electrons. The summed E-state index contributed by atoms with van der Waals surface area (Å²) in [6.45, 7) is 5.39. The van der Waals surface area contributed by atoms with E-state index >= 15 is 0 Å². The van der Waals surface area contributed by atoms with Gasteiger partial charge < -0.3 is 9.47 Å². The monoisotopic (exact) mass is 552 g/mol. The number of fused-ring (bicyclic) bond motifs is 2. The van der Waals surface area contributed by atoms with E-state index in [-0.39, 0.29) is 6.04 Å². The van der Waals surface area contributed by atoms with Crippen LogP contribution in [0, 0.1) is 0 Å². The number of halogens is 2. The molecular weight excluding hydrogens is 519 g/mol. The van der Waals surface area contributed by atoms with E-state index in [9.17, 15) is 0 Å². The van der Waals surface area contributed by atoms with Crippen LogP contribution in [-0.2, 0) is 19.4 Å². The van der Waals surface area contributed by atoms with E-state index in [0.717, 1.165) is 56.4 Å². The van der Waals surface area contributed by atoms with Gasteiger partial charge in [-0.05, 0) is 71.0 Å². The zero-order valence-corrected chi connectivity index (χ0v) is 23.6. The van der Waals surface area contributed by atoms with Gasteiger partial charge in [-0.15, -0.1) is 45.9 Å². The van der Waals surface area contributed by atoms with E-state index in [1.807, 2.05) is 28.7 Å². The molecular formula is C27H34Cl2N2O2S2. The highest BCUT2D eigenvalue weighted by atomic mass is 35.5. The van der Waals surface area contributed by atoms with Crippen LogP contribution < -0.4 is 9.47 Å². The Morgan fingerprint density at radius 2 is 1.66 bits per heavy atom. The molecule has 2 aromatic heterocycles. The van der Waals surface area contributed by atoms with Crippen LogP contribution >= 0.6 is 45.9 Å². The van der Waals surface area contributed by atoms with Gasteiger partial charge in [0.1, 0.15) is 0 Å². The van der Waals surface area contributed by atoms with Crippen molar-refractivity contribution in [2.45, 2.75) is 31.8 Å². The highest BCUT2D eigenvalue weighted by molar-refractivity contribution is 7.10. The molecule has 1 unspecified atom stereocenters. The molecule has 2 aliphatic rings. The summed E-state index contributed by atoms with van der Waals surface area (Å²) in [5.74, 6) is 3.00. The maximum atomic E-state index is 5.92. The quantitative estimate of drug-likeness (QED) is 0.291. The average Bonchev–Trinajstić information content (AvgIpc) is 3.56. The Hall–Kier alpha value is -1.28. The maximum Gasteiger partial charge on any atom is 0.161 e. The molecule has 1 atom stereocenters. The number of thiophene rings is 2. The fourth-order valence-electron chi connectivity index (χ4n) is 4.90. The first-order valence-corrected chi connectivity index (χ1v) is 14.9. The van der Waals surface area contributed by atoms with Crippen LogP contribution in [0.25, 0.3) is 0 Å². The lowest BCUT2D eigenvalue weighted by atomic mass is 9.93. The number of methoxy groups -OCH3 is 2.